The van der Waals surface area contributed by atoms with E-state index < -0.39 is 0 Å². The molecule has 1 aliphatic rings. The summed E-state index contributed by atoms with van der Waals surface area (Å²) in [6, 6.07) is 10.3. The molecule has 0 aliphatic carbocycles. The maximum atomic E-state index is 13.0. The van der Waals surface area contributed by atoms with E-state index >= 15 is 0 Å². The number of nitrogens with two attached hydrogens (primary N) is 1. The maximum absolute atomic E-state index is 13.0. The molecule has 1 aromatic carbocycles. The van der Waals surface area contributed by atoms with E-state index in [0.717, 1.165) is 37.6 Å². The van der Waals surface area contributed by atoms with Crippen molar-refractivity contribution in [3.05, 3.63) is 54.1 Å². The number of aliphatic imine (C=N–C) groups is 1. The minimum absolute atomic E-state index is 0.219. The van der Waals surface area contributed by atoms with E-state index in [2.05, 4.69) is 19.8 Å². The third-order valence-electron chi connectivity index (χ3n) is 4.25. The molecule has 0 spiro atoms. The molecule has 0 amide bonds. The van der Waals surface area contributed by atoms with Crippen LogP contribution >= 0.6 is 0 Å². The summed E-state index contributed by atoms with van der Waals surface area (Å²) in [5, 5.41) is 0. The Kier molecular flexibility index (Phi) is 5.33. The molecule has 0 radical (unpaired) electrons. The van der Waals surface area contributed by atoms with Gasteiger partial charge in [-0.25, -0.2) is 9.38 Å². The van der Waals surface area contributed by atoms with Gasteiger partial charge in [0.15, 0.2) is 5.96 Å². The predicted molar refractivity (Wildman–Crippen MR) is 96.3 cm³/mol. The van der Waals surface area contributed by atoms with Crippen LogP contribution in [0.4, 0.5) is 10.1 Å². The first-order valence-electron chi connectivity index (χ1n) is 8.20. The fraction of sp³-hybridized carbons (Fsp3) is 0.333. The zero-order valence-electron chi connectivity index (χ0n) is 14.2. The van der Waals surface area contributed by atoms with Gasteiger partial charge in [0.05, 0.1) is 13.7 Å². The zero-order valence-corrected chi connectivity index (χ0v) is 14.2. The van der Waals surface area contributed by atoms with E-state index in [1.807, 2.05) is 12.1 Å². The van der Waals surface area contributed by atoms with Gasteiger partial charge in [-0.05, 0) is 36.4 Å². The predicted octanol–water partition coefficient (Wildman–Crippen LogP) is 1.87. The van der Waals surface area contributed by atoms with E-state index in [-0.39, 0.29) is 5.82 Å². The summed E-state index contributed by atoms with van der Waals surface area (Å²) >= 11 is 0. The van der Waals surface area contributed by atoms with Crippen LogP contribution in [0.5, 0.6) is 5.75 Å². The van der Waals surface area contributed by atoms with Gasteiger partial charge < -0.3 is 20.3 Å². The quantitative estimate of drug-likeness (QED) is 0.678. The molecule has 0 unspecified atom stereocenters. The number of hydrogen-bond donors (Lipinski definition) is 1. The van der Waals surface area contributed by atoms with Gasteiger partial charge in [-0.3, -0.25) is 4.98 Å². The first-order chi connectivity index (χ1) is 12.2. The number of pyridine rings is 1. The van der Waals surface area contributed by atoms with Crippen LogP contribution in [-0.4, -0.2) is 49.1 Å². The summed E-state index contributed by atoms with van der Waals surface area (Å²) < 4.78 is 18.3. The lowest BCUT2D eigenvalue weighted by molar-refractivity contribution is 0.380. The number of halogens is 1. The average Bonchev–Trinajstić information content (AvgIpc) is 2.67. The Morgan fingerprint density at radius 1 is 1.20 bits per heavy atom. The summed E-state index contributed by atoms with van der Waals surface area (Å²) in [5.41, 5.74) is 7.92. The lowest BCUT2D eigenvalue weighted by Gasteiger charge is -2.36. The van der Waals surface area contributed by atoms with Gasteiger partial charge in [-0.2, -0.15) is 0 Å². The summed E-state index contributed by atoms with van der Waals surface area (Å²) in [6.07, 6.45) is 1.71. The van der Waals surface area contributed by atoms with Crippen molar-refractivity contribution >= 4 is 11.6 Å². The van der Waals surface area contributed by atoms with Gasteiger partial charge in [0.2, 0.25) is 0 Å². The van der Waals surface area contributed by atoms with Crippen molar-refractivity contribution in [3.63, 3.8) is 0 Å². The van der Waals surface area contributed by atoms with Gasteiger partial charge in [-0.1, -0.05) is 0 Å². The Bertz CT molecular complexity index is 727. The van der Waals surface area contributed by atoms with E-state index in [1.165, 1.54) is 12.1 Å². The highest BCUT2D eigenvalue weighted by Gasteiger charge is 2.18. The molecular weight excluding hydrogens is 321 g/mol. The Hall–Kier alpha value is -2.83. The fourth-order valence-corrected chi connectivity index (χ4v) is 2.83. The molecule has 3 rings (SSSR count). The van der Waals surface area contributed by atoms with Crippen molar-refractivity contribution in [3.8, 4) is 5.75 Å². The summed E-state index contributed by atoms with van der Waals surface area (Å²) in [5.74, 6) is 0.996. The standard InChI is InChI=1S/C18H22FN5O/c1-25-17-3-2-8-21-16(17)13-22-18(20)24-11-9-23(10-12-24)15-6-4-14(19)5-7-15/h2-8H,9-13H2,1H3,(H2,20,22). The normalized spacial score (nSPS) is 15.4. The molecule has 6 nitrogen and oxygen atoms in total. The highest BCUT2D eigenvalue weighted by Crippen LogP contribution is 2.18. The van der Waals surface area contributed by atoms with Crippen LogP contribution in [0.1, 0.15) is 5.69 Å². The molecule has 0 saturated carbocycles. The van der Waals surface area contributed by atoms with Crippen molar-refractivity contribution in [2.24, 2.45) is 10.7 Å². The van der Waals surface area contributed by atoms with Crippen molar-refractivity contribution in [2.75, 3.05) is 38.2 Å². The second-order valence-electron chi connectivity index (χ2n) is 5.78. The highest BCUT2D eigenvalue weighted by molar-refractivity contribution is 5.78. The molecule has 1 aromatic heterocycles. The van der Waals surface area contributed by atoms with E-state index in [4.69, 9.17) is 10.5 Å². The van der Waals surface area contributed by atoms with Gasteiger partial charge >= 0.3 is 0 Å². The number of aromatic nitrogens is 1. The number of benzene rings is 1. The van der Waals surface area contributed by atoms with E-state index in [0.29, 0.717) is 18.3 Å². The lowest BCUT2D eigenvalue weighted by atomic mass is 10.2. The van der Waals surface area contributed by atoms with Crippen molar-refractivity contribution in [1.29, 1.82) is 0 Å². The number of methoxy groups -OCH3 is 1. The molecule has 132 valence electrons. The van der Waals surface area contributed by atoms with Crippen molar-refractivity contribution in [2.45, 2.75) is 6.54 Å². The zero-order chi connectivity index (χ0) is 17.6. The van der Waals surface area contributed by atoms with Crippen molar-refractivity contribution in [1.82, 2.24) is 9.88 Å². The third-order valence-corrected chi connectivity index (χ3v) is 4.25. The number of rotatable bonds is 4. The topological polar surface area (TPSA) is 67.0 Å². The molecule has 1 saturated heterocycles. The number of piperazine rings is 1. The Labute approximate surface area is 146 Å². The van der Waals surface area contributed by atoms with Gasteiger partial charge in [0.25, 0.3) is 0 Å². The Morgan fingerprint density at radius 2 is 1.92 bits per heavy atom. The van der Waals surface area contributed by atoms with Crippen LogP contribution in [0.3, 0.4) is 0 Å². The smallest absolute Gasteiger partial charge is 0.191 e. The minimum atomic E-state index is -0.219. The molecule has 7 heteroatoms. The molecular formula is C18H22FN5O. The third kappa shape index (κ3) is 4.17. The maximum Gasteiger partial charge on any atom is 0.191 e. The van der Waals surface area contributed by atoms with Crippen LogP contribution < -0.4 is 15.4 Å². The molecule has 25 heavy (non-hydrogen) atoms. The van der Waals surface area contributed by atoms with Crippen LogP contribution in [0.25, 0.3) is 0 Å². The van der Waals surface area contributed by atoms with Crippen LogP contribution in [0.15, 0.2) is 47.6 Å². The van der Waals surface area contributed by atoms with Gasteiger partial charge in [-0.15, -0.1) is 0 Å². The highest BCUT2D eigenvalue weighted by atomic mass is 19.1. The van der Waals surface area contributed by atoms with E-state index in [9.17, 15) is 4.39 Å². The number of nitrogens with zero attached hydrogens (tertiary/aromatic N) is 4. The second kappa shape index (κ2) is 7.83. The molecule has 1 fully saturated rings. The molecule has 2 aromatic rings. The molecule has 0 bridgehead atoms. The summed E-state index contributed by atoms with van der Waals surface area (Å²) in [7, 11) is 1.61. The van der Waals surface area contributed by atoms with Crippen molar-refractivity contribution < 1.29 is 9.13 Å². The number of guanidine groups is 1. The summed E-state index contributed by atoms with van der Waals surface area (Å²) in [4.78, 5) is 13.0. The Balaban J connectivity index is 1.57. The molecule has 1 aliphatic heterocycles. The monoisotopic (exact) mass is 343 g/mol. The first kappa shape index (κ1) is 17.0. The average molecular weight is 343 g/mol. The number of hydrogen-bond acceptors (Lipinski definition) is 4. The Morgan fingerprint density at radius 3 is 2.60 bits per heavy atom. The molecule has 0 atom stereocenters. The van der Waals surface area contributed by atoms with Crippen LogP contribution in [-0.2, 0) is 6.54 Å². The number of anilines is 1. The SMILES string of the molecule is COc1cccnc1CN=C(N)N1CCN(c2ccc(F)cc2)CC1. The lowest BCUT2D eigenvalue weighted by Crippen LogP contribution is -2.51. The van der Waals surface area contributed by atoms with Crippen LogP contribution in [0.2, 0.25) is 0 Å². The largest absolute Gasteiger partial charge is 0.495 e. The summed E-state index contributed by atoms with van der Waals surface area (Å²) in [6.45, 7) is 3.55. The molecule has 2 N–H and O–H groups in total. The fourth-order valence-electron chi connectivity index (χ4n) is 2.83. The number of ether oxygens (including phenoxy) is 1. The minimum Gasteiger partial charge on any atom is -0.495 e. The van der Waals surface area contributed by atoms with E-state index in [1.54, 1.807) is 25.4 Å². The first-order valence-corrected chi connectivity index (χ1v) is 8.20. The van der Waals surface area contributed by atoms with Crippen LogP contribution in [0, 0.1) is 5.82 Å². The van der Waals surface area contributed by atoms with Gasteiger partial charge in [0.1, 0.15) is 17.3 Å². The van der Waals surface area contributed by atoms with Gasteiger partial charge in [0, 0.05) is 38.1 Å². The molecule has 2 heterocycles. The second-order valence-corrected chi connectivity index (χ2v) is 5.78.